The summed E-state index contributed by atoms with van der Waals surface area (Å²) in [7, 11) is 0. The van der Waals surface area contributed by atoms with Gasteiger partial charge in [0.1, 0.15) is 4.34 Å². The van der Waals surface area contributed by atoms with Crippen molar-refractivity contribution in [3.05, 3.63) is 21.3 Å². The van der Waals surface area contributed by atoms with Gasteiger partial charge in [-0.15, -0.1) is 11.3 Å². The zero-order chi connectivity index (χ0) is 8.27. The first-order chi connectivity index (χ1) is 5.25. The molecule has 1 aromatic rings. The van der Waals surface area contributed by atoms with Gasteiger partial charge in [0.25, 0.3) is 0 Å². The Kier molecular flexibility index (Phi) is 2.91. The third-order valence-corrected chi connectivity index (χ3v) is 2.28. The van der Waals surface area contributed by atoms with Crippen molar-refractivity contribution in [3.63, 3.8) is 0 Å². The van der Waals surface area contributed by atoms with Gasteiger partial charge < -0.3 is 4.74 Å². The van der Waals surface area contributed by atoms with E-state index in [1.165, 1.54) is 11.3 Å². The number of hydrogen-bond acceptors (Lipinski definition) is 3. The van der Waals surface area contributed by atoms with Gasteiger partial charge in [-0.1, -0.05) is 11.6 Å². The molecule has 0 fully saturated rings. The summed E-state index contributed by atoms with van der Waals surface area (Å²) < 4.78 is 5.24. The van der Waals surface area contributed by atoms with E-state index in [1.54, 1.807) is 18.4 Å². The molecular weight excluding hydrogens is 184 g/mol. The Morgan fingerprint density at radius 1 is 1.82 bits per heavy atom. The second-order valence-electron chi connectivity index (χ2n) is 1.83. The lowest BCUT2D eigenvalue weighted by Crippen LogP contribution is -2.03. The van der Waals surface area contributed by atoms with Gasteiger partial charge in [0.15, 0.2) is 0 Å². The van der Waals surface area contributed by atoms with E-state index < -0.39 is 0 Å². The van der Waals surface area contributed by atoms with Crippen molar-refractivity contribution >= 4 is 28.9 Å². The van der Waals surface area contributed by atoms with Gasteiger partial charge >= 0.3 is 5.97 Å². The standard InChI is InChI=1S/C7H7ClO2S/c1-2-10-7(9)5-3-4-11-6(5)8/h3-4H,2H2,1H3. The third kappa shape index (κ3) is 1.94. The van der Waals surface area contributed by atoms with Crippen LogP contribution in [-0.2, 0) is 4.74 Å². The highest BCUT2D eigenvalue weighted by Crippen LogP contribution is 2.23. The monoisotopic (exact) mass is 190 g/mol. The Labute approximate surface area is 73.7 Å². The summed E-state index contributed by atoms with van der Waals surface area (Å²) in [6.45, 7) is 2.14. The fourth-order valence-corrected chi connectivity index (χ4v) is 1.54. The van der Waals surface area contributed by atoms with Crippen LogP contribution in [0.3, 0.4) is 0 Å². The van der Waals surface area contributed by atoms with Gasteiger partial charge in [0.05, 0.1) is 12.2 Å². The summed E-state index contributed by atoms with van der Waals surface area (Å²) in [5.41, 5.74) is 0.457. The summed E-state index contributed by atoms with van der Waals surface area (Å²) in [4.78, 5) is 11.0. The maximum Gasteiger partial charge on any atom is 0.340 e. The topological polar surface area (TPSA) is 26.3 Å². The molecule has 4 heteroatoms. The van der Waals surface area contributed by atoms with E-state index in [4.69, 9.17) is 16.3 Å². The van der Waals surface area contributed by atoms with Gasteiger partial charge in [0, 0.05) is 0 Å². The van der Waals surface area contributed by atoms with Gasteiger partial charge in [-0.05, 0) is 18.4 Å². The molecule has 1 aromatic heterocycles. The minimum Gasteiger partial charge on any atom is -0.462 e. The summed E-state index contributed by atoms with van der Waals surface area (Å²) in [5, 5.41) is 1.76. The van der Waals surface area contributed by atoms with E-state index in [0.717, 1.165) is 0 Å². The minimum atomic E-state index is -0.348. The van der Waals surface area contributed by atoms with Crippen LogP contribution in [0.25, 0.3) is 0 Å². The summed E-state index contributed by atoms with van der Waals surface area (Å²) >= 11 is 7.01. The summed E-state index contributed by atoms with van der Waals surface area (Å²) in [5.74, 6) is -0.348. The van der Waals surface area contributed by atoms with E-state index in [1.807, 2.05) is 0 Å². The number of thiophene rings is 1. The van der Waals surface area contributed by atoms with Crippen LogP contribution in [-0.4, -0.2) is 12.6 Å². The zero-order valence-electron chi connectivity index (χ0n) is 5.96. The highest BCUT2D eigenvalue weighted by Gasteiger charge is 2.11. The molecule has 0 aromatic carbocycles. The molecule has 0 aliphatic carbocycles. The molecule has 0 radical (unpaired) electrons. The highest BCUT2D eigenvalue weighted by molar-refractivity contribution is 7.14. The van der Waals surface area contributed by atoms with Crippen LogP contribution >= 0.6 is 22.9 Å². The average Bonchev–Trinajstić information content (AvgIpc) is 2.36. The molecule has 0 saturated carbocycles. The Balaban J connectivity index is 2.76. The number of esters is 1. The number of carbonyl (C=O) groups excluding carboxylic acids is 1. The number of carbonyl (C=O) groups is 1. The molecule has 0 saturated heterocycles. The molecule has 60 valence electrons. The van der Waals surface area contributed by atoms with E-state index in [9.17, 15) is 4.79 Å². The number of ether oxygens (including phenoxy) is 1. The molecule has 11 heavy (non-hydrogen) atoms. The summed E-state index contributed by atoms with van der Waals surface area (Å²) in [6.07, 6.45) is 0. The predicted molar refractivity (Wildman–Crippen MR) is 45.3 cm³/mol. The van der Waals surface area contributed by atoms with Crippen LogP contribution in [0.15, 0.2) is 11.4 Å². The molecule has 0 bridgehead atoms. The van der Waals surface area contributed by atoms with Crippen LogP contribution in [0.2, 0.25) is 4.34 Å². The maximum atomic E-state index is 11.0. The van der Waals surface area contributed by atoms with E-state index in [-0.39, 0.29) is 5.97 Å². The molecular formula is C7H7ClO2S. The van der Waals surface area contributed by atoms with Crippen molar-refractivity contribution in [1.29, 1.82) is 0 Å². The van der Waals surface area contributed by atoms with Crippen molar-refractivity contribution in [2.45, 2.75) is 6.92 Å². The maximum absolute atomic E-state index is 11.0. The molecule has 1 rings (SSSR count). The molecule has 0 N–H and O–H groups in total. The van der Waals surface area contributed by atoms with Crippen LogP contribution in [0.4, 0.5) is 0 Å². The molecule has 0 aliphatic heterocycles. The second kappa shape index (κ2) is 3.74. The van der Waals surface area contributed by atoms with Crippen molar-refractivity contribution in [3.8, 4) is 0 Å². The fraction of sp³-hybridized carbons (Fsp3) is 0.286. The van der Waals surface area contributed by atoms with Crippen molar-refractivity contribution in [1.82, 2.24) is 0 Å². The lowest BCUT2D eigenvalue weighted by molar-refractivity contribution is 0.0527. The Morgan fingerprint density at radius 3 is 3.00 bits per heavy atom. The first-order valence-corrected chi connectivity index (χ1v) is 4.41. The second-order valence-corrected chi connectivity index (χ2v) is 3.35. The highest BCUT2D eigenvalue weighted by atomic mass is 35.5. The normalized spacial score (nSPS) is 9.64. The fourth-order valence-electron chi connectivity index (χ4n) is 0.648. The SMILES string of the molecule is CCOC(=O)c1ccsc1Cl. The predicted octanol–water partition coefficient (Wildman–Crippen LogP) is 2.58. The average molecular weight is 191 g/mol. The molecule has 0 unspecified atom stereocenters. The molecule has 0 amide bonds. The zero-order valence-corrected chi connectivity index (χ0v) is 7.54. The quantitative estimate of drug-likeness (QED) is 0.671. The molecule has 0 spiro atoms. The number of halogens is 1. The van der Waals surface area contributed by atoms with E-state index >= 15 is 0 Å². The first kappa shape index (κ1) is 8.56. The molecule has 2 nitrogen and oxygen atoms in total. The van der Waals surface area contributed by atoms with Crippen LogP contribution < -0.4 is 0 Å². The summed E-state index contributed by atoms with van der Waals surface area (Å²) in [6, 6.07) is 1.66. The lowest BCUT2D eigenvalue weighted by atomic mass is 10.3. The largest absolute Gasteiger partial charge is 0.462 e. The van der Waals surface area contributed by atoms with Crippen molar-refractivity contribution in [2.24, 2.45) is 0 Å². The van der Waals surface area contributed by atoms with Crippen molar-refractivity contribution < 1.29 is 9.53 Å². The van der Waals surface area contributed by atoms with Crippen LogP contribution in [0.1, 0.15) is 17.3 Å². The minimum absolute atomic E-state index is 0.348. The smallest absolute Gasteiger partial charge is 0.340 e. The van der Waals surface area contributed by atoms with Crippen LogP contribution in [0.5, 0.6) is 0 Å². The first-order valence-electron chi connectivity index (χ1n) is 3.15. The Hall–Kier alpha value is -0.540. The lowest BCUT2D eigenvalue weighted by Gasteiger charge is -1.97. The van der Waals surface area contributed by atoms with E-state index in [2.05, 4.69) is 0 Å². The molecule has 0 aliphatic rings. The van der Waals surface area contributed by atoms with Gasteiger partial charge in [0.2, 0.25) is 0 Å². The van der Waals surface area contributed by atoms with Crippen molar-refractivity contribution in [2.75, 3.05) is 6.61 Å². The number of hydrogen-bond donors (Lipinski definition) is 0. The number of rotatable bonds is 2. The van der Waals surface area contributed by atoms with E-state index in [0.29, 0.717) is 16.5 Å². The van der Waals surface area contributed by atoms with Gasteiger partial charge in [-0.2, -0.15) is 0 Å². The Bertz CT molecular complexity index is 257. The molecule has 1 heterocycles. The van der Waals surface area contributed by atoms with Crippen LogP contribution in [0, 0.1) is 0 Å². The Morgan fingerprint density at radius 2 is 2.55 bits per heavy atom. The molecule has 0 atom stereocenters. The third-order valence-electron chi connectivity index (χ3n) is 1.11. The van der Waals surface area contributed by atoms with Gasteiger partial charge in [-0.25, -0.2) is 4.79 Å². The van der Waals surface area contributed by atoms with Gasteiger partial charge in [-0.3, -0.25) is 0 Å².